The zero-order valence-electron chi connectivity index (χ0n) is 8.63. The van der Waals surface area contributed by atoms with Gasteiger partial charge in [-0.3, -0.25) is 9.78 Å². The maximum absolute atomic E-state index is 12.1. The molecule has 3 nitrogen and oxygen atoms in total. The molecule has 0 saturated heterocycles. The van der Waals surface area contributed by atoms with Crippen LogP contribution in [0, 0.1) is 11.3 Å². The number of nitriles is 1. The minimum absolute atomic E-state index is 0.180. The van der Waals surface area contributed by atoms with Gasteiger partial charge in [0.15, 0.2) is 5.78 Å². The summed E-state index contributed by atoms with van der Waals surface area (Å²) in [6.07, 6.45) is 3.16. The van der Waals surface area contributed by atoms with E-state index in [1.54, 1.807) is 36.0 Å². The minimum atomic E-state index is -0.764. The van der Waals surface area contributed by atoms with Gasteiger partial charge in [0.05, 0.1) is 9.86 Å². The Hall–Kier alpha value is -1.51. The molecule has 84 valence electrons. The SMILES string of the molecule is N#CC(C(=O)c1csc(Br)c1)c1ccncc1. The third-order valence-electron chi connectivity index (χ3n) is 2.28. The van der Waals surface area contributed by atoms with E-state index in [0.29, 0.717) is 11.1 Å². The fourth-order valence-electron chi connectivity index (χ4n) is 1.45. The van der Waals surface area contributed by atoms with Crippen molar-refractivity contribution in [3.05, 3.63) is 50.9 Å². The van der Waals surface area contributed by atoms with Crippen molar-refractivity contribution in [1.82, 2.24) is 4.98 Å². The largest absolute Gasteiger partial charge is 0.292 e. The van der Waals surface area contributed by atoms with Crippen molar-refractivity contribution < 1.29 is 4.79 Å². The number of rotatable bonds is 3. The second kappa shape index (κ2) is 5.21. The van der Waals surface area contributed by atoms with Gasteiger partial charge in [-0.05, 0) is 39.7 Å². The van der Waals surface area contributed by atoms with Crippen LogP contribution in [0.1, 0.15) is 21.8 Å². The standard InChI is InChI=1S/C12H7BrN2OS/c13-11-5-9(7-17-11)12(16)10(6-14)8-1-3-15-4-2-8/h1-5,7,10H. The summed E-state index contributed by atoms with van der Waals surface area (Å²) in [7, 11) is 0. The first-order chi connectivity index (χ1) is 8.22. The molecule has 2 heterocycles. The molecule has 0 spiro atoms. The Balaban J connectivity index is 2.32. The third kappa shape index (κ3) is 2.60. The molecule has 0 amide bonds. The van der Waals surface area contributed by atoms with Gasteiger partial charge in [0.2, 0.25) is 0 Å². The Morgan fingerprint density at radius 1 is 1.47 bits per heavy atom. The molecule has 2 aromatic rings. The van der Waals surface area contributed by atoms with E-state index < -0.39 is 5.92 Å². The number of nitrogens with zero attached hydrogens (tertiary/aromatic N) is 2. The molecule has 2 rings (SSSR count). The van der Waals surface area contributed by atoms with Gasteiger partial charge in [-0.2, -0.15) is 5.26 Å². The predicted molar refractivity (Wildman–Crippen MR) is 68.9 cm³/mol. The van der Waals surface area contributed by atoms with Crippen molar-refractivity contribution in [2.45, 2.75) is 5.92 Å². The van der Waals surface area contributed by atoms with E-state index in [4.69, 9.17) is 5.26 Å². The fourth-order valence-corrected chi connectivity index (χ4v) is 2.59. The summed E-state index contributed by atoms with van der Waals surface area (Å²) in [5, 5.41) is 10.9. The monoisotopic (exact) mass is 306 g/mol. The highest BCUT2D eigenvalue weighted by atomic mass is 79.9. The molecule has 0 N–H and O–H groups in total. The van der Waals surface area contributed by atoms with E-state index in [1.807, 2.05) is 6.07 Å². The van der Waals surface area contributed by atoms with Gasteiger partial charge in [0.1, 0.15) is 5.92 Å². The van der Waals surface area contributed by atoms with Crippen molar-refractivity contribution in [2.75, 3.05) is 0 Å². The molecular weight excluding hydrogens is 300 g/mol. The Morgan fingerprint density at radius 3 is 2.71 bits per heavy atom. The third-order valence-corrected chi connectivity index (χ3v) is 3.79. The van der Waals surface area contributed by atoms with Crippen LogP contribution < -0.4 is 0 Å². The van der Waals surface area contributed by atoms with Gasteiger partial charge in [-0.15, -0.1) is 11.3 Å². The molecule has 0 bridgehead atoms. The van der Waals surface area contributed by atoms with E-state index in [2.05, 4.69) is 20.9 Å². The normalized spacial score (nSPS) is 11.8. The molecular formula is C12H7BrN2OS. The molecule has 0 aliphatic heterocycles. The van der Waals surface area contributed by atoms with Gasteiger partial charge in [0, 0.05) is 23.3 Å². The number of thiophene rings is 1. The first-order valence-corrected chi connectivity index (χ1v) is 6.47. The second-order valence-corrected chi connectivity index (χ2v) is 5.64. The Kier molecular flexibility index (Phi) is 3.67. The lowest BCUT2D eigenvalue weighted by Gasteiger charge is -2.06. The number of ketones is 1. The van der Waals surface area contributed by atoms with Crippen molar-refractivity contribution >= 4 is 33.0 Å². The average Bonchev–Trinajstić information content (AvgIpc) is 2.78. The average molecular weight is 307 g/mol. The number of halogens is 1. The van der Waals surface area contributed by atoms with E-state index in [0.717, 1.165) is 3.79 Å². The first kappa shape index (κ1) is 12.0. The van der Waals surface area contributed by atoms with Crippen molar-refractivity contribution in [3.8, 4) is 6.07 Å². The highest BCUT2D eigenvalue weighted by Crippen LogP contribution is 2.26. The van der Waals surface area contributed by atoms with E-state index in [-0.39, 0.29) is 5.78 Å². The number of carbonyl (C=O) groups is 1. The molecule has 0 aliphatic carbocycles. The number of hydrogen-bond acceptors (Lipinski definition) is 4. The Bertz CT molecular complexity index is 574. The lowest BCUT2D eigenvalue weighted by Crippen LogP contribution is -2.10. The van der Waals surface area contributed by atoms with Crippen molar-refractivity contribution in [3.63, 3.8) is 0 Å². The number of carbonyl (C=O) groups excluding carboxylic acids is 1. The van der Waals surface area contributed by atoms with Crippen LogP contribution in [0.4, 0.5) is 0 Å². The van der Waals surface area contributed by atoms with Gasteiger partial charge in [-0.1, -0.05) is 0 Å². The lowest BCUT2D eigenvalue weighted by molar-refractivity contribution is 0.0979. The van der Waals surface area contributed by atoms with Gasteiger partial charge < -0.3 is 0 Å². The summed E-state index contributed by atoms with van der Waals surface area (Å²) in [4.78, 5) is 16.0. The highest BCUT2D eigenvalue weighted by Gasteiger charge is 2.22. The molecule has 0 saturated carbocycles. The van der Waals surface area contributed by atoms with Crippen LogP contribution in [0.5, 0.6) is 0 Å². The lowest BCUT2D eigenvalue weighted by atomic mass is 9.94. The number of Topliss-reactive ketones (excluding diaryl/α,β-unsaturated/α-hetero) is 1. The van der Waals surface area contributed by atoms with E-state index in [9.17, 15) is 4.79 Å². The number of aromatic nitrogens is 1. The summed E-state index contributed by atoms with van der Waals surface area (Å²) in [6.45, 7) is 0. The summed E-state index contributed by atoms with van der Waals surface area (Å²) in [5.74, 6) is -0.944. The van der Waals surface area contributed by atoms with Crippen LogP contribution in [-0.2, 0) is 0 Å². The van der Waals surface area contributed by atoms with Gasteiger partial charge in [-0.25, -0.2) is 0 Å². The van der Waals surface area contributed by atoms with Crippen LogP contribution in [0.15, 0.2) is 39.8 Å². The molecule has 1 atom stereocenters. The summed E-state index contributed by atoms with van der Waals surface area (Å²) in [5.41, 5.74) is 1.24. The minimum Gasteiger partial charge on any atom is -0.292 e. The van der Waals surface area contributed by atoms with Crippen LogP contribution in [-0.4, -0.2) is 10.8 Å². The van der Waals surface area contributed by atoms with Crippen LogP contribution in [0.3, 0.4) is 0 Å². The first-order valence-electron chi connectivity index (χ1n) is 4.80. The zero-order chi connectivity index (χ0) is 12.3. The summed E-state index contributed by atoms with van der Waals surface area (Å²) < 4.78 is 0.882. The molecule has 17 heavy (non-hydrogen) atoms. The summed E-state index contributed by atoms with van der Waals surface area (Å²) in [6, 6.07) is 7.15. The number of pyridine rings is 1. The zero-order valence-corrected chi connectivity index (χ0v) is 11.0. The highest BCUT2D eigenvalue weighted by molar-refractivity contribution is 9.11. The van der Waals surface area contributed by atoms with Crippen LogP contribution in [0.25, 0.3) is 0 Å². The molecule has 0 fully saturated rings. The summed E-state index contributed by atoms with van der Waals surface area (Å²) >= 11 is 4.73. The second-order valence-electron chi connectivity index (χ2n) is 3.35. The molecule has 1 unspecified atom stereocenters. The van der Waals surface area contributed by atoms with E-state index in [1.165, 1.54) is 11.3 Å². The van der Waals surface area contributed by atoms with Gasteiger partial charge >= 0.3 is 0 Å². The quantitative estimate of drug-likeness (QED) is 0.817. The van der Waals surface area contributed by atoms with Crippen molar-refractivity contribution in [2.24, 2.45) is 0 Å². The van der Waals surface area contributed by atoms with Crippen LogP contribution in [0.2, 0.25) is 0 Å². The van der Waals surface area contributed by atoms with Gasteiger partial charge in [0.25, 0.3) is 0 Å². The topological polar surface area (TPSA) is 53.8 Å². The molecule has 0 aliphatic rings. The smallest absolute Gasteiger partial charge is 0.185 e. The molecule has 5 heteroatoms. The maximum atomic E-state index is 12.1. The maximum Gasteiger partial charge on any atom is 0.185 e. The van der Waals surface area contributed by atoms with E-state index >= 15 is 0 Å². The van der Waals surface area contributed by atoms with Crippen LogP contribution >= 0.6 is 27.3 Å². The number of hydrogen-bond donors (Lipinski definition) is 0. The predicted octanol–water partition coefficient (Wildman–Crippen LogP) is 3.40. The fraction of sp³-hybridized carbons (Fsp3) is 0.0833. The molecule has 2 aromatic heterocycles. The molecule has 0 aromatic carbocycles. The Labute approximate surface area is 111 Å². The Morgan fingerprint density at radius 2 is 2.18 bits per heavy atom. The van der Waals surface area contributed by atoms with Crippen molar-refractivity contribution in [1.29, 1.82) is 5.26 Å². The molecule has 0 radical (unpaired) electrons.